The summed E-state index contributed by atoms with van der Waals surface area (Å²) in [6, 6.07) is 0. The molecule has 1 N–H and O–H groups in total. The van der Waals surface area contributed by atoms with Crippen molar-refractivity contribution >= 4 is 10.3 Å². The molecule has 3 aliphatic heterocycles. The first kappa shape index (κ1) is 16.5. The van der Waals surface area contributed by atoms with E-state index in [4.69, 9.17) is 28.8 Å². The van der Waals surface area contributed by atoms with E-state index < -0.39 is 46.5 Å². The molecule has 4 atom stereocenters. The van der Waals surface area contributed by atoms with Crippen LogP contribution in [0.3, 0.4) is 0 Å². The highest BCUT2D eigenvalue weighted by Crippen LogP contribution is 2.47. The fraction of sp³-hybridized carbons (Fsp3) is 1.00. The van der Waals surface area contributed by atoms with Crippen LogP contribution in [0.2, 0.25) is 0 Å². The number of hydrogen-bond acceptors (Lipinski definition) is 8. The third kappa shape index (κ3) is 3.02. The molecule has 3 heterocycles. The van der Waals surface area contributed by atoms with E-state index in [9.17, 15) is 8.42 Å². The summed E-state index contributed by atoms with van der Waals surface area (Å²) in [5, 5.41) is 6.85. The average molecular weight is 338 g/mol. The Morgan fingerprint density at radius 3 is 2.45 bits per heavy atom. The minimum Gasteiger partial charge on any atom is -0.540 e. The van der Waals surface area contributed by atoms with Gasteiger partial charge in [0.05, 0.1) is 6.61 Å². The van der Waals surface area contributed by atoms with Crippen molar-refractivity contribution in [2.24, 2.45) is 0 Å². The molecule has 0 aliphatic carbocycles. The van der Waals surface area contributed by atoms with Crippen LogP contribution in [0.25, 0.3) is 5.14 Å². The zero-order valence-electron chi connectivity index (χ0n) is 12.8. The third-order valence-electron chi connectivity index (χ3n) is 3.69. The fourth-order valence-electron chi connectivity index (χ4n) is 3.11. The molecule has 128 valence electrons. The quantitative estimate of drug-likeness (QED) is 0.739. The van der Waals surface area contributed by atoms with Crippen molar-refractivity contribution in [3.05, 3.63) is 5.14 Å². The van der Waals surface area contributed by atoms with Gasteiger partial charge in [-0.1, -0.05) is 0 Å². The van der Waals surface area contributed by atoms with Crippen LogP contribution < -0.4 is 0 Å². The lowest BCUT2D eigenvalue weighted by molar-refractivity contribution is -0.290. The third-order valence-corrected chi connectivity index (χ3v) is 4.12. The van der Waals surface area contributed by atoms with Crippen LogP contribution in [0.4, 0.5) is 0 Å². The topological polar surface area (TPSA) is 113 Å². The minimum atomic E-state index is -4.39. The monoisotopic (exact) mass is 338 g/mol. The van der Waals surface area contributed by atoms with Crippen LogP contribution in [0.5, 0.6) is 0 Å². The van der Waals surface area contributed by atoms with Crippen molar-refractivity contribution in [3.63, 3.8) is 0 Å². The molecular formula is C12H20NO8S-. The fourth-order valence-corrected chi connectivity index (χ4v) is 3.43. The maximum atomic E-state index is 11.0. The zero-order chi connectivity index (χ0) is 16.4. The maximum absolute atomic E-state index is 11.0. The Morgan fingerprint density at radius 2 is 1.82 bits per heavy atom. The molecule has 9 nitrogen and oxygen atoms in total. The van der Waals surface area contributed by atoms with Crippen LogP contribution in [-0.2, 0) is 38.2 Å². The average Bonchev–Trinajstić information content (AvgIpc) is 2.78. The van der Waals surface area contributed by atoms with Crippen molar-refractivity contribution in [2.75, 3.05) is 13.2 Å². The molecule has 0 aromatic carbocycles. The summed E-state index contributed by atoms with van der Waals surface area (Å²) in [4.78, 5) is 0. The van der Waals surface area contributed by atoms with Gasteiger partial charge in [0, 0.05) is 0 Å². The molecule has 0 aromatic heterocycles. The lowest BCUT2D eigenvalue weighted by Gasteiger charge is -2.40. The van der Waals surface area contributed by atoms with Gasteiger partial charge in [-0.25, -0.2) is 8.42 Å². The van der Waals surface area contributed by atoms with Crippen molar-refractivity contribution < 1.29 is 36.3 Å². The Bertz CT molecular complexity index is 561. The Hall–Kier alpha value is -0.330. The van der Waals surface area contributed by atoms with Crippen molar-refractivity contribution in [1.82, 2.24) is 0 Å². The summed E-state index contributed by atoms with van der Waals surface area (Å²) in [5.74, 6) is -3.26. The summed E-state index contributed by atoms with van der Waals surface area (Å²) in [7, 11) is -4.39. The van der Waals surface area contributed by atoms with Crippen molar-refractivity contribution in [1.29, 1.82) is 0 Å². The molecule has 3 rings (SSSR count). The molecule has 0 aromatic rings. The molecule has 4 unspecified atom stereocenters. The van der Waals surface area contributed by atoms with Crippen LogP contribution in [0.15, 0.2) is 0 Å². The lowest BCUT2D eigenvalue weighted by Crippen LogP contribution is -2.60. The number of ether oxygens (including phenoxy) is 5. The largest absolute Gasteiger partial charge is 0.540 e. The molecule has 3 aliphatic rings. The van der Waals surface area contributed by atoms with Crippen LogP contribution in [0.1, 0.15) is 27.7 Å². The molecule has 0 spiro atoms. The van der Waals surface area contributed by atoms with E-state index in [1.165, 1.54) is 0 Å². The van der Waals surface area contributed by atoms with E-state index in [0.717, 1.165) is 0 Å². The van der Waals surface area contributed by atoms with Gasteiger partial charge in [0.2, 0.25) is 5.79 Å². The second-order valence-corrected chi connectivity index (χ2v) is 7.66. The number of hydrogen-bond donors (Lipinski definition) is 0. The smallest absolute Gasteiger partial charge is 0.225 e. The molecule has 22 heavy (non-hydrogen) atoms. The van der Waals surface area contributed by atoms with Gasteiger partial charge in [0.25, 0.3) is 0 Å². The molecule has 10 heteroatoms. The lowest BCUT2D eigenvalue weighted by atomic mass is 9.98. The molecule has 3 saturated heterocycles. The highest BCUT2D eigenvalue weighted by atomic mass is 32.2. The van der Waals surface area contributed by atoms with E-state index in [-0.39, 0.29) is 12.7 Å². The molecule has 0 bridgehead atoms. The Kier molecular flexibility index (Phi) is 3.63. The predicted octanol–water partition coefficient (Wildman–Crippen LogP) is 0.698. The van der Waals surface area contributed by atoms with E-state index in [0.29, 0.717) is 0 Å². The van der Waals surface area contributed by atoms with Gasteiger partial charge in [-0.05, 0) is 27.7 Å². The SMILES string of the molecule is CC1(C)OC2COC3(COS([NH-])(=O)=O)OC(C)(C)OC3C2O1. The predicted molar refractivity (Wildman–Crippen MR) is 71.7 cm³/mol. The van der Waals surface area contributed by atoms with Gasteiger partial charge in [-0.2, -0.15) is 0 Å². The zero-order valence-corrected chi connectivity index (χ0v) is 13.6. The van der Waals surface area contributed by atoms with Crippen molar-refractivity contribution in [3.8, 4) is 0 Å². The maximum Gasteiger partial charge on any atom is 0.225 e. The molecule has 0 radical (unpaired) electrons. The molecule has 0 saturated carbocycles. The Morgan fingerprint density at radius 1 is 1.14 bits per heavy atom. The van der Waals surface area contributed by atoms with Crippen LogP contribution in [-0.4, -0.2) is 57.3 Å². The van der Waals surface area contributed by atoms with Crippen LogP contribution in [0, 0.1) is 0 Å². The van der Waals surface area contributed by atoms with E-state index in [1.807, 2.05) is 0 Å². The minimum absolute atomic E-state index is 0.144. The van der Waals surface area contributed by atoms with Crippen molar-refractivity contribution in [2.45, 2.75) is 63.4 Å². The highest BCUT2D eigenvalue weighted by molar-refractivity contribution is 7.88. The summed E-state index contributed by atoms with van der Waals surface area (Å²) >= 11 is 0. The summed E-state index contributed by atoms with van der Waals surface area (Å²) in [6.07, 6.45) is -1.56. The van der Waals surface area contributed by atoms with Gasteiger partial charge in [-0.15, -0.1) is 0 Å². The second kappa shape index (κ2) is 4.84. The van der Waals surface area contributed by atoms with Gasteiger partial charge < -0.3 is 28.8 Å². The molecule has 3 fully saturated rings. The first-order valence-electron chi connectivity index (χ1n) is 6.93. The Labute approximate surface area is 129 Å². The summed E-state index contributed by atoms with van der Waals surface area (Å²) < 4.78 is 55.5. The van der Waals surface area contributed by atoms with Gasteiger partial charge in [0.15, 0.2) is 21.9 Å². The van der Waals surface area contributed by atoms with Gasteiger partial charge in [-0.3, -0.25) is 4.18 Å². The molecule has 0 amide bonds. The van der Waals surface area contributed by atoms with E-state index in [2.05, 4.69) is 4.18 Å². The highest BCUT2D eigenvalue weighted by Gasteiger charge is 2.65. The van der Waals surface area contributed by atoms with E-state index in [1.54, 1.807) is 27.7 Å². The standard InChI is InChI=1S/C12H20NO8S/c1-10(2)18-7-5-16-12(6-17-22(13,14)15)9(8(7)19-10)20-11(3,4)21-12/h7-9H,5-6H2,1-4H3,(H-,13,14,15)/q-1. The van der Waals surface area contributed by atoms with E-state index >= 15 is 0 Å². The Balaban J connectivity index is 1.87. The van der Waals surface area contributed by atoms with Gasteiger partial charge >= 0.3 is 0 Å². The molecular weight excluding hydrogens is 318 g/mol. The van der Waals surface area contributed by atoms with Gasteiger partial charge in [0.1, 0.15) is 24.9 Å². The first-order valence-corrected chi connectivity index (χ1v) is 8.34. The second-order valence-electron chi connectivity index (χ2n) is 6.52. The van der Waals surface area contributed by atoms with Crippen LogP contribution >= 0.6 is 0 Å². The summed E-state index contributed by atoms with van der Waals surface area (Å²) in [6.45, 7) is 6.58. The summed E-state index contributed by atoms with van der Waals surface area (Å²) in [5.41, 5.74) is 0. The number of fused-ring (bicyclic) bond motifs is 3. The number of rotatable bonds is 3. The number of nitrogens with one attached hydrogen (secondary N) is 1. The first-order chi connectivity index (χ1) is 9.92. The normalized spacial score (nSPS) is 42.9.